The summed E-state index contributed by atoms with van der Waals surface area (Å²) < 4.78 is 5.07. The summed E-state index contributed by atoms with van der Waals surface area (Å²) in [5, 5.41) is 9.42. The molecule has 7 heteroatoms. The number of hydrogen-bond donors (Lipinski definition) is 4. The minimum absolute atomic E-state index is 0.114. The predicted molar refractivity (Wildman–Crippen MR) is 180 cm³/mol. The van der Waals surface area contributed by atoms with Crippen LogP contribution in [0.5, 0.6) is 0 Å². The molecule has 7 N–H and O–H groups in total. The molecule has 0 saturated heterocycles. The molecule has 0 bridgehead atoms. The normalized spacial score (nSPS) is 19.7. The summed E-state index contributed by atoms with van der Waals surface area (Å²) in [6.07, 6.45) is 16.5. The van der Waals surface area contributed by atoms with Gasteiger partial charge >= 0.3 is 0 Å². The average molecular weight is 587 g/mol. The van der Waals surface area contributed by atoms with Crippen LogP contribution >= 0.6 is 11.6 Å². The van der Waals surface area contributed by atoms with Crippen LogP contribution in [-0.4, -0.2) is 30.8 Å². The molecule has 2 unspecified atom stereocenters. The molecule has 1 aromatic rings. The van der Waals surface area contributed by atoms with E-state index in [0.717, 1.165) is 55.7 Å². The minimum atomic E-state index is 0.114. The van der Waals surface area contributed by atoms with Crippen molar-refractivity contribution in [3.63, 3.8) is 0 Å². The maximum Gasteiger partial charge on any atom is 0.147 e. The van der Waals surface area contributed by atoms with Crippen LogP contribution in [0, 0.1) is 5.92 Å². The van der Waals surface area contributed by atoms with Gasteiger partial charge in [-0.25, -0.2) is 4.99 Å². The number of halogens is 1. The summed E-state index contributed by atoms with van der Waals surface area (Å²) in [6.45, 7) is 18.3. The summed E-state index contributed by atoms with van der Waals surface area (Å²) >= 11 is 5.81. The van der Waals surface area contributed by atoms with Gasteiger partial charge in [0.15, 0.2) is 0 Å². The molecule has 0 fully saturated rings. The van der Waals surface area contributed by atoms with E-state index in [2.05, 4.69) is 57.5 Å². The van der Waals surface area contributed by atoms with Crippen molar-refractivity contribution in [3.8, 4) is 0 Å². The van der Waals surface area contributed by atoms with Crippen molar-refractivity contribution in [1.82, 2.24) is 0 Å². The van der Waals surface area contributed by atoms with Gasteiger partial charge in [0.1, 0.15) is 5.84 Å². The van der Waals surface area contributed by atoms with E-state index in [0.29, 0.717) is 28.2 Å². The number of aliphatic imine (C=N–C) groups is 1. The zero-order chi connectivity index (χ0) is 31.2. The van der Waals surface area contributed by atoms with E-state index in [1.54, 1.807) is 18.2 Å². The number of amidine groups is 1. The largest absolute Gasteiger partial charge is 0.398 e. The molecular formula is C34H55ClN4O2. The molecule has 0 radical (unpaired) electrons. The monoisotopic (exact) mass is 586 g/mol. The number of nitrogens with zero attached hydrogens (tertiary/aromatic N) is 1. The van der Waals surface area contributed by atoms with Gasteiger partial charge in [0.05, 0.1) is 22.1 Å². The van der Waals surface area contributed by atoms with Crippen LogP contribution in [0.2, 0.25) is 5.02 Å². The summed E-state index contributed by atoms with van der Waals surface area (Å²) in [5.74, 6) is 1.05. The van der Waals surface area contributed by atoms with Crippen LogP contribution in [0.1, 0.15) is 91.5 Å². The topological polar surface area (TPSA) is 120 Å². The van der Waals surface area contributed by atoms with Crippen molar-refractivity contribution in [1.29, 1.82) is 0 Å². The lowest BCUT2D eigenvalue weighted by atomic mass is 10.0. The van der Waals surface area contributed by atoms with Crippen LogP contribution in [0.25, 0.3) is 0 Å². The zero-order valence-corrected chi connectivity index (χ0v) is 27.0. The van der Waals surface area contributed by atoms with E-state index < -0.39 is 0 Å². The first-order chi connectivity index (χ1) is 19.6. The number of hydrogen-bond acceptors (Lipinski definition) is 6. The van der Waals surface area contributed by atoms with E-state index in [1.165, 1.54) is 18.4 Å². The van der Waals surface area contributed by atoms with Gasteiger partial charge in [-0.3, -0.25) is 0 Å². The van der Waals surface area contributed by atoms with Crippen LogP contribution in [-0.2, 0) is 4.74 Å². The van der Waals surface area contributed by atoms with E-state index in [-0.39, 0.29) is 12.5 Å². The van der Waals surface area contributed by atoms with Gasteiger partial charge < -0.3 is 27.0 Å². The van der Waals surface area contributed by atoms with Gasteiger partial charge in [-0.05, 0) is 67.4 Å². The Morgan fingerprint density at radius 2 is 1.88 bits per heavy atom. The van der Waals surface area contributed by atoms with Gasteiger partial charge in [0, 0.05) is 25.7 Å². The number of nitrogen functional groups attached to an aromatic ring is 1. The fraction of sp³-hybridized carbons (Fsp3) is 0.500. The first-order valence-corrected chi connectivity index (χ1v) is 15.2. The van der Waals surface area contributed by atoms with E-state index in [4.69, 9.17) is 38.6 Å². The highest BCUT2D eigenvalue weighted by Crippen LogP contribution is 2.24. The second-order valence-electron chi connectivity index (χ2n) is 10.0. The Bertz CT molecular complexity index is 1050. The number of unbranched alkanes of at least 4 members (excludes halogenated alkanes) is 1. The Labute approximate surface area is 254 Å². The van der Waals surface area contributed by atoms with Crippen LogP contribution in [0.4, 0.5) is 5.69 Å². The van der Waals surface area contributed by atoms with Crippen molar-refractivity contribution < 1.29 is 9.84 Å². The molecule has 2 atom stereocenters. The van der Waals surface area contributed by atoms with E-state index in [1.807, 2.05) is 26.0 Å². The van der Waals surface area contributed by atoms with Crippen molar-refractivity contribution >= 4 is 23.1 Å². The van der Waals surface area contributed by atoms with Crippen molar-refractivity contribution in [2.24, 2.45) is 22.4 Å². The number of allylic oxidation sites excluding steroid dienone is 6. The number of ether oxygens (including phenoxy) is 1. The fourth-order valence-corrected chi connectivity index (χ4v) is 3.78. The highest BCUT2D eigenvalue weighted by molar-refractivity contribution is 6.33. The fourth-order valence-electron chi connectivity index (χ4n) is 3.59. The second-order valence-corrected chi connectivity index (χ2v) is 10.4. The van der Waals surface area contributed by atoms with Crippen molar-refractivity contribution in [3.05, 3.63) is 88.3 Å². The quantitative estimate of drug-likeness (QED) is 0.112. The number of aliphatic hydroxyl groups excluding tert-OH is 1. The molecule has 1 heterocycles. The first kappa shape index (κ1) is 38.2. The summed E-state index contributed by atoms with van der Waals surface area (Å²) in [6, 6.07) is 5.42. The van der Waals surface area contributed by atoms with Gasteiger partial charge in [-0.2, -0.15) is 0 Å². The third-order valence-corrected chi connectivity index (χ3v) is 6.99. The Morgan fingerprint density at radius 3 is 2.41 bits per heavy atom. The third-order valence-electron chi connectivity index (χ3n) is 6.66. The second kappa shape index (κ2) is 22.8. The molecule has 0 aromatic heterocycles. The Hall–Kier alpha value is -2.80. The number of anilines is 1. The molecule has 0 spiro atoms. The first-order valence-electron chi connectivity index (χ1n) is 14.9. The number of nitrogens with two attached hydrogens (primary N) is 3. The SMILES string of the molecule is C=C/C=C(\C=C/C(C)CC)C1=C/CC/C(CC)=C(N)\C(N)=N\1.CC(CO)c1ccc(N)c(Cl)c1.CCCCOCC. The Morgan fingerprint density at radius 1 is 1.17 bits per heavy atom. The Balaban J connectivity index is 0.000000699. The van der Waals surface area contributed by atoms with Crippen LogP contribution in [0.15, 0.2) is 82.7 Å². The molecule has 0 saturated carbocycles. The maximum atomic E-state index is 8.87. The molecule has 1 aliphatic heterocycles. The lowest BCUT2D eigenvalue weighted by molar-refractivity contribution is 0.144. The van der Waals surface area contributed by atoms with Crippen LogP contribution < -0.4 is 17.2 Å². The van der Waals surface area contributed by atoms with Gasteiger partial charge in [0.25, 0.3) is 0 Å². The van der Waals surface area contributed by atoms with Gasteiger partial charge in [-0.15, -0.1) is 0 Å². The third kappa shape index (κ3) is 15.7. The standard InChI is InChI=1S/C19H29N3.C9H12ClNO.C6H14O/c1-5-9-16(13-12-14(4)6-2)17-11-8-10-15(7-3)18(20)19(21)22-17;1-6(5-12)7-2-3-9(11)8(10)4-7;1-3-5-6-7-4-2/h5,9,11-14H,1,6-8,10,20H2,2-4H3,(H2,21,22);2-4,6,12H,5,11H2,1H3;3-6H2,1-2H3/b13-12-,16-9+,17-11-,18-15+;;. The van der Waals surface area contributed by atoms with E-state index >= 15 is 0 Å². The Kier molecular flexibility index (Phi) is 21.3. The molecular weight excluding hydrogens is 532 g/mol. The number of rotatable bonds is 12. The molecule has 0 amide bonds. The number of benzene rings is 1. The van der Waals surface area contributed by atoms with Crippen molar-refractivity contribution in [2.75, 3.05) is 25.6 Å². The van der Waals surface area contributed by atoms with E-state index in [9.17, 15) is 0 Å². The molecule has 6 nitrogen and oxygen atoms in total. The smallest absolute Gasteiger partial charge is 0.147 e. The van der Waals surface area contributed by atoms with Crippen molar-refractivity contribution in [2.45, 2.75) is 86.0 Å². The lowest BCUT2D eigenvalue weighted by Crippen LogP contribution is -2.24. The van der Waals surface area contributed by atoms with Crippen LogP contribution in [0.3, 0.4) is 0 Å². The molecule has 230 valence electrons. The molecule has 0 aliphatic carbocycles. The van der Waals surface area contributed by atoms with Gasteiger partial charge in [0.2, 0.25) is 0 Å². The summed E-state index contributed by atoms with van der Waals surface area (Å²) in [5.41, 5.74) is 23.0. The maximum absolute atomic E-state index is 8.87. The predicted octanol–water partition coefficient (Wildman–Crippen LogP) is 8.20. The number of aliphatic hydroxyl groups is 1. The summed E-state index contributed by atoms with van der Waals surface area (Å²) in [7, 11) is 0. The highest BCUT2D eigenvalue weighted by Gasteiger charge is 2.11. The lowest BCUT2D eigenvalue weighted by Gasteiger charge is -2.14. The molecule has 41 heavy (non-hydrogen) atoms. The highest BCUT2D eigenvalue weighted by atomic mass is 35.5. The zero-order valence-electron chi connectivity index (χ0n) is 26.3. The molecule has 2 rings (SSSR count). The minimum Gasteiger partial charge on any atom is -0.398 e. The molecule has 1 aromatic carbocycles. The average Bonchev–Trinajstić information content (AvgIpc) is 2.97. The summed E-state index contributed by atoms with van der Waals surface area (Å²) in [4.78, 5) is 4.54. The van der Waals surface area contributed by atoms with Gasteiger partial charge in [-0.1, -0.05) is 102 Å². The molecule has 1 aliphatic rings.